The van der Waals surface area contributed by atoms with Gasteiger partial charge in [0.25, 0.3) is 0 Å². The number of H-pyrrole nitrogens is 2. The van der Waals surface area contributed by atoms with Crippen LogP contribution in [0.4, 0.5) is 0 Å². The summed E-state index contributed by atoms with van der Waals surface area (Å²) in [5.74, 6) is 0. The Labute approximate surface area is 105 Å². The summed E-state index contributed by atoms with van der Waals surface area (Å²) in [4.78, 5) is 3.43. The van der Waals surface area contributed by atoms with Crippen LogP contribution in [0.2, 0.25) is 0 Å². The van der Waals surface area contributed by atoms with E-state index in [1.165, 1.54) is 10.9 Å². The van der Waals surface area contributed by atoms with E-state index in [0.717, 1.165) is 28.9 Å². The summed E-state index contributed by atoms with van der Waals surface area (Å²) in [6, 6.07) is 8.43. The molecule has 4 nitrogen and oxygen atoms in total. The third-order valence-electron chi connectivity index (χ3n) is 3.28. The smallest absolute Gasteiger partial charge is 0.0845 e. The van der Waals surface area contributed by atoms with Crippen LogP contribution in [0.5, 0.6) is 0 Å². The highest BCUT2D eigenvalue weighted by molar-refractivity contribution is 5.88. The molecular formula is C14H16N4. The van der Waals surface area contributed by atoms with Crippen LogP contribution in [0, 0.1) is 6.92 Å². The van der Waals surface area contributed by atoms with E-state index >= 15 is 0 Å². The second-order valence-corrected chi connectivity index (χ2v) is 4.53. The molecule has 3 rings (SSSR count). The first-order chi connectivity index (χ1) is 8.79. The van der Waals surface area contributed by atoms with Crippen LogP contribution in [-0.2, 0) is 6.42 Å². The average molecular weight is 240 g/mol. The molecule has 0 radical (unpaired) electrons. The van der Waals surface area contributed by atoms with Crippen LogP contribution >= 0.6 is 0 Å². The van der Waals surface area contributed by atoms with Crippen LogP contribution in [0.3, 0.4) is 0 Å². The zero-order valence-electron chi connectivity index (χ0n) is 10.3. The van der Waals surface area contributed by atoms with E-state index in [0.29, 0.717) is 6.54 Å². The highest BCUT2D eigenvalue weighted by atomic mass is 15.1. The lowest BCUT2D eigenvalue weighted by molar-refractivity contribution is 0.971. The fourth-order valence-electron chi connectivity index (χ4n) is 2.33. The van der Waals surface area contributed by atoms with Crippen molar-refractivity contribution < 1.29 is 0 Å². The summed E-state index contributed by atoms with van der Waals surface area (Å²) >= 11 is 0. The maximum Gasteiger partial charge on any atom is 0.0845 e. The molecule has 0 spiro atoms. The van der Waals surface area contributed by atoms with Crippen LogP contribution in [0.1, 0.15) is 11.1 Å². The normalized spacial score (nSPS) is 11.2. The summed E-state index contributed by atoms with van der Waals surface area (Å²) in [5.41, 5.74) is 11.3. The molecule has 0 aliphatic rings. The molecule has 0 bridgehead atoms. The van der Waals surface area contributed by atoms with Gasteiger partial charge in [0.2, 0.25) is 0 Å². The molecule has 4 heteroatoms. The molecule has 1 aromatic carbocycles. The number of nitrogens with one attached hydrogen (secondary N) is 2. The van der Waals surface area contributed by atoms with Gasteiger partial charge in [-0.05, 0) is 37.6 Å². The Kier molecular flexibility index (Phi) is 2.64. The number of hydrogen-bond donors (Lipinski definition) is 3. The molecule has 92 valence electrons. The van der Waals surface area contributed by atoms with Crippen LogP contribution in [0.25, 0.3) is 22.3 Å². The van der Waals surface area contributed by atoms with Crippen molar-refractivity contribution in [2.45, 2.75) is 13.3 Å². The maximum absolute atomic E-state index is 5.61. The van der Waals surface area contributed by atoms with Gasteiger partial charge in [0.05, 0.1) is 17.6 Å². The lowest BCUT2D eigenvalue weighted by Gasteiger charge is -1.98. The first-order valence-corrected chi connectivity index (χ1v) is 6.10. The van der Waals surface area contributed by atoms with E-state index in [-0.39, 0.29) is 0 Å². The first-order valence-electron chi connectivity index (χ1n) is 6.10. The topological polar surface area (TPSA) is 70.5 Å². The lowest BCUT2D eigenvalue weighted by Crippen LogP contribution is -2.02. The Morgan fingerprint density at radius 2 is 2.22 bits per heavy atom. The molecule has 0 amide bonds. The van der Waals surface area contributed by atoms with Crippen molar-refractivity contribution in [2.24, 2.45) is 5.73 Å². The van der Waals surface area contributed by atoms with E-state index < -0.39 is 0 Å². The van der Waals surface area contributed by atoms with Crippen molar-refractivity contribution in [2.75, 3.05) is 6.54 Å². The molecule has 3 aromatic rings. The number of aromatic nitrogens is 3. The molecule has 2 heterocycles. The third-order valence-corrected chi connectivity index (χ3v) is 3.28. The fourth-order valence-corrected chi connectivity index (χ4v) is 2.33. The van der Waals surface area contributed by atoms with Crippen molar-refractivity contribution in [3.8, 4) is 11.4 Å². The number of aromatic amines is 2. The minimum atomic E-state index is 0.631. The van der Waals surface area contributed by atoms with Gasteiger partial charge in [-0.2, -0.15) is 5.10 Å². The van der Waals surface area contributed by atoms with Crippen molar-refractivity contribution >= 4 is 10.9 Å². The summed E-state index contributed by atoms with van der Waals surface area (Å²) in [6.45, 7) is 2.75. The molecule has 18 heavy (non-hydrogen) atoms. The zero-order valence-corrected chi connectivity index (χ0v) is 10.3. The monoisotopic (exact) mass is 240 g/mol. The van der Waals surface area contributed by atoms with Crippen molar-refractivity contribution in [3.05, 3.63) is 41.6 Å². The van der Waals surface area contributed by atoms with E-state index in [9.17, 15) is 0 Å². The van der Waals surface area contributed by atoms with Crippen molar-refractivity contribution in [1.82, 2.24) is 15.2 Å². The minimum absolute atomic E-state index is 0.631. The van der Waals surface area contributed by atoms with Crippen molar-refractivity contribution in [1.29, 1.82) is 0 Å². The van der Waals surface area contributed by atoms with Gasteiger partial charge in [-0.15, -0.1) is 0 Å². The highest BCUT2D eigenvalue weighted by Crippen LogP contribution is 2.27. The van der Waals surface area contributed by atoms with Crippen molar-refractivity contribution in [3.63, 3.8) is 0 Å². The van der Waals surface area contributed by atoms with E-state index in [4.69, 9.17) is 5.73 Å². The van der Waals surface area contributed by atoms with E-state index in [2.05, 4.69) is 46.4 Å². The number of fused-ring (bicyclic) bond motifs is 1. The van der Waals surface area contributed by atoms with Gasteiger partial charge < -0.3 is 10.7 Å². The summed E-state index contributed by atoms with van der Waals surface area (Å²) in [6.07, 6.45) is 2.68. The van der Waals surface area contributed by atoms with Crippen LogP contribution in [0.15, 0.2) is 30.5 Å². The molecule has 0 saturated heterocycles. The maximum atomic E-state index is 5.61. The Morgan fingerprint density at radius 1 is 1.33 bits per heavy atom. The van der Waals surface area contributed by atoms with Gasteiger partial charge in [0, 0.05) is 16.5 Å². The highest BCUT2D eigenvalue weighted by Gasteiger charge is 2.10. The molecule has 4 N–H and O–H groups in total. The Bertz CT molecular complexity index is 678. The number of rotatable bonds is 3. The molecule has 2 aromatic heterocycles. The number of nitrogens with zero attached hydrogens (tertiary/aromatic N) is 1. The Balaban J connectivity index is 2.14. The number of aryl methyl sites for hydroxylation is 1. The minimum Gasteiger partial charge on any atom is -0.353 e. The number of hydrogen-bond acceptors (Lipinski definition) is 2. The summed E-state index contributed by atoms with van der Waals surface area (Å²) in [7, 11) is 0. The third kappa shape index (κ3) is 1.71. The van der Waals surface area contributed by atoms with E-state index in [1.54, 1.807) is 0 Å². The second kappa shape index (κ2) is 4.31. The fraction of sp³-hybridized carbons (Fsp3) is 0.214. The number of benzene rings is 1. The Hall–Kier alpha value is -2.07. The molecular weight excluding hydrogens is 224 g/mol. The summed E-state index contributed by atoms with van der Waals surface area (Å²) in [5, 5.41) is 8.41. The predicted octanol–water partition coefficient (Wildman–Crippen LogP) is 2.37. The van der Waals surface area contributed by atoms with Gasteiger partial charge in [0.15, 0.2) is 0 Å². The van der Waals surface area contributed by atoms with Gasteiger partial charge in [-0.25, -0.2) is 0 Å². The van der Waals surface area contributed by atoms with Gasteiger partial charge in [0.1, 0.15) is 0 Å². The molecule has 0 saturated carbocycles. The standard InChI is InChI=1S/C14H16N4/c1-9-3-2-4-12-11(9)7-13(17-12)14-10(5-6-15)8-16-18-14/h2-4,7-8,17H,5-6,15H2,1H3,(H,16,18). The lowest BCUT2D eigenvalue weighted by atomic mass is 10.1. The molecule has 0 atom stereocenters. The first kappa shape index (κ1) is 11.0. The van der Waals surface area contributed by atoms with Gasteiger partial charge in [-0.1, -0.05) is 12.1 Å². The van der Waals surface area contributed by atoms with Crippen LogP contribution < -0.4 is 5.73 Å². The van der Waals surface area contributed by atoms with Gasteiger partial charge >= 0.3 is 0 Å². The predicted molar refractivity (Wildman–Crippen MR) is 73.4 cm³/mol. The molecule has 0 aliphatic heterocycles. The zero-order chi connectivity index (χ0) is 12.5. The largest absolute Gasteiger partial charge is 0.353 e. The molecule has 0 aliphatic carbocycles. The SMILES string of the molecule is Cc1cccc2[nH]c(-c3[nH]ncc3CCN)cc12. The quantitative estimate of drug-likeness (QED) is 0.657. The second-order valence-electron chi connectivity index (χ2n) is 4.53. The van der Waals surface area contributed by atoms with E-state index in [1.807, 2.05) is 6.20 Å². The molecule has 0 unspecified atom stereocenters. The van der Waals surface area contributed by atoms with Gasteiger partial charge in [-0.3, -0.25) is 5.10 Å². The average Bonchev–Trinajstić information content (AvgIpc) is 2.95. The summed E-state index contributed by atoms with van der Waals surface area (Å²) < 4.78 is 0. The van der Waals surface area contributed by atoms with Crippen LogP contribution in [-0.4, -0.2) is 21.7 Å². The molecule has 0 fully saturated rings. The number of nitrogens with two attached hydrogens (primary N) is 1. The Morgan fingerprint density at radius 3 is 3.00 bits per heavy atom.